The predicted molar refractivity (Wildman–Crippen MR) is 146 cm³/mol. The summed E-state index contributed by atoms with van der Waals surface area (Å²) in [5.74, 6) is 2.72. The van der Waals surface area contributed by atoms with Gasteiger partial charge < -0.3 is 14.7 Å². The quantitative estimate of drug-likeness (QED) is 0.238. The summed E-state index contributed by atoms with van der Waals surface area (Å²) in [5.41, 5.74) is 3.62. The number of ether oxygens (including phenoxy) is 1. The highest BCUT2D eigenvalue weighted by molar-refractivity contribution is 7.99. The van der Waals surface area contributed by atoms with E-state index in [0.717, 1.165) is 11.3 Å². The number of phenols is 1. The molecule has 3 aromatic rings. The lowest BCUT2D eigenvalue weighted by atomic mass is 9.76. The van der Waals surface area contributed by atoms with Crippen molar-refractivity contribution in [2.24, 2.45) is 0 Å². The van der Waals surface area contributed by atoms with Crippen LogP contribution in [0.3, 0.4) is 0 Å². The van der Waals surface area contributed by atoms with Crippen LogP contribution in [0.2, 0.25) is 0 Å². The van der Waals surface area contributed by atoms with Gasteiger partial charge in [0.2, 0.25) is 0 Å². The molecule has 0 amide bonds. The van der Waals surface area contributed by atoms with Gasteiger partial charge in [0.25, 0.3) is 0 Å². The van der Waals surface area contributed by atoms with Gasteiger partial charge in [0.05, 0.1) is 6.61 Å². The van der Waals surface area contributed by atoms with Crippen LogP contribution < -0.4 is 4.74 Å². The summed E-state index contributed by atoms with van der Waals surface area (Å²) in [4.78, 5) is 3.96. The number of nitrogens with zero attached hydrogens (tertiary/aromatic N) is 1. The second-order valence-corrected chi connectivity index (χ2v) is 11.1. The molecule has 1 fully saturated rings. The van der Waals surface area contributed by atoms with Gasteiger partial charge in [0.1, 0.15) is 11.5 Å². The third-order valence-electron chi connectivity index (χ3n) is 7.45. The Morgan fingerprint density at radius 1 is 0.829 bits per heavy atom. The summed E-state index contributed by atoms with van der Waals surface area (Å²) in [6, 6.07) is 25.2. The molecule has 35 heavy (non-hydrogen) atoms. The maximum atomic E-state index is 10.2. The minimum Gasteiger partial charge on any atom is -0.508 e. The first-order valence-electron chi connectivity index (χ1n) is 13.2. The lowest BCUT2D eigenvalue weighted by molar-refractivity contribution is 0.248. The first-order chi connectivity index (χ1) is 17.3. The summed E-state index contributed by atoms with van der Waals surface area (Å²) in [6.45, 7) is 4.57. The van der Waals surface area contributed by atoms with Crippen molar-refractivity contribution < 1.29 is 9.84 Å². The van der Waals surface area contributed by atoms with Crippen LogP contribution in [0.5, 0.6) is 11.5 Å². The van der Waals surface area contributed by atoms with E-state index in [0.29, 0.717) is 12.4 Å². The van der Waals surface area contributed by atoms with E-state index in [1.165, 1.54) is 79.9 Å². The summed E-state index contributed by atoms with van der Waals surface area (Å²) in [6.07, 6.45) is 8.11. The molecule has 0 aliphatic carbocycles. The predicted octanol–water partition coefficient (Wildman–Crippen LogP) is 7.45. The summed E-state index contributed by atoms with van der Waals surface area (Å²) < 4.78 is 6.13. The highest BCUT2D eigenvalue weighted by atomic mass is 32.2. The van der Waals surface area contributed by atoms with E-state index in [4.69, 9.17) is 4.74 Å². The number of thioether (sulfide) groups is 1. The highest BCUT2D eigenvalue weighted by Crippen LogP contribution is 2.47. The zero-order chi connectivity index (χ0) is 23.9. The molecule has 184 valence electrons. The van der Waals surface area contributed by atoms with E-state index in [-0.39, 0.29) is 11.8 Å². The summed E-state index contributed by atoms with van der Waals surface area (Å²) in [7, 11) is 0. The molecule has 1 N–H and O–H groups in total. The molecule has 2 aliphatic heterocycles. The fraction of sp³-hybridized carbons (Fsp3) is 0.419. The van der Waals surface area contributed by atoms with Crippen LogP contribution in [0.15, 0.2) is 77.7 Å². The van der Waals surface area contributed by atoms with Crippen LogP contribution in [-0.2, 0) is 0 Å². The van der Waals surface area contributed by atoms with Gasteiger partial charge in [0, 0.05) is 22.3 Å². The van der Waals surface area contributed by atoms with Gasteiger partial charge in [-0.1, -0.05) is 55.3 Å². The largest absolute Gasteiger partial charge is 0.508 e. The number of likely N-dealkylation sites (tertiary alicyclic amines) is 1. The number of aromatic hydroxyl groups is 1. The van der Waals surface area contributed by atoms with Crippen LogP contribution in [0.4, 0.5) is 0 Å². The Hall–Kier alpha value is -2.43. The van der Waals surface area contributed by atoms with Gasteiger partial charge in [-0.05, 0) is 92.5 Å². The number of rotatable bonds is 10. The van der Waals surface area contributed by atoms with Crippen molar-refractivity contribution in [2.75, 3.05) is 32.0 Å². The maximum absolute atomic E-state index is 10.2. The fourth-order valence-electron chi connectivity index (χ4n) is 5.56. The van der Waals surface area contributed by atoms with Crippen molar-refractivity contribution in [2.45, 2.75) is 55.3 Å². The Balaban J connectivity index is 1.20. The average Bonchev–Trinajstić information content (AvgIpc) is 3.42. The Morgan fingerprint density at radius 2 is 1.60 bits per heavy atom. The molecule has 2 heterocycles. The number of hydrogen-bond acceptors (Lipinski definition) is 4. The Labute approximate surface area is 214 Å². The first kappa shape index (κ1) is 24.3. The molecule has 3 nitrogen and oxygen atoms in total. The second-order valence-electron chi connectivity index (χ2n) is 9.91. The molecule has 0 radical (unpaired) electrons. The molecule has 0 saturated carbocycles. The molecule has 5 rings (SSSR count). The van der Waals surface area contributed by atoms with Crippen molar-refractivity contribution in [1.82, 2.24) is 4.90 Å². The van der Waals surface area contributed by atoms with Crippen LogP contribution in [0, 0.1) is 0 Å². The average molecular weight is 488 g/mol. The van der Waals surface area contributed by atoms with Crippen LogP contribution >= 0.6 is 11.8 Å². The molecule has 1 saturated heterocycles. The summed E-state index contributed by atoms with van der Waals surface area (Å²) >= 11 is 1.97. The molecule has 3 aromatic carbocycles. The number of unbranched alkanes of at least 4 members (excludes halogenated alkanes) is 3. The zero-order valence-corrected chi connectivity index (χ0v) is 21.4. The third kappa shape index (κ3) is 6.23. The minimum atomic E-state index is 0.155. The molecule has 0 spiro atoms. The van der Waals surface area contributed by atoms with E-state index >= 15 is 0 Å². The molecular weight excluding hydrogens is 450 g/mol. The first-order valence-corrected chi connectivity index (χ1v) is 14.2. The zero-order valence-electron chi connectivity index (χ0n) is 20.6. The topological polar surface area (TPSA) is 32.7 Å². The molecule has 4 heteroatoms. The normalized spacial score (nSPS) is 19.9. The van der Waals surface area contributed by atoms with Crippen LogP contribution in [0.1, 0.15) is 67.1 Å². The van der Waals surface area contributed by atoms with Crippen molar-refractivity contribution in [3.05, 3.63) is 89.5 Å². The second kappa shape index (κ2) is 12.0. The summed E-state index contributed by atoms with van der Waals surface area (Å²) in [5, 5.41) is 10.2. The van der Waals surface area contributed by atoms with Crippen molar-refractivity contribution >= 4 is 11.8 Å². The maximum Gasteiger partial charge on any atom is 0.123 e. The molecule has 2 aliphatic rings. The molecule has 0 aromatic heterocycles. The lowest BCUT2D eigenvalue weighted by Gasteiger charge is -2.34. The lowest BCUT2D eigenvalue weighted by Crippen LogP contribution is -2.25. The van der Waals surface area contributed by atoms with E-state index in [9.17, 15) is 5.11 Å². The number of hydrogen-bond donors (Lipinski definition) is 1. The van der Waals surface area contributed by atoms with Gasteiger partial charge >= 0.3 is 0 Å². The Bertz CT molecular complexity index is 1060. The smallest absolute Gasteiger partial charge is 0.123 e. The van der Waals surface area contributed by atoms with Gasteiger partial charge in [0.15, 0.2) is 0 Å². The van der Waals surface area contributed by atoms with Gasteiger partial charge in [-0.2, -0.15) is 0 Å². The third-order valence-corrected chi connectivity index (χ3v) is 8.55. The Kier molecular flexibility index (Phi) is 8.33. The van der Waals surface area contributed by atoms with Gasteiger partial charge in [-0.15, -0.1) is 11.8 Å². The van der Waals surface area contributed by atoms with E-state index < -0.39 is 0 Å². The minimum absolute atomic E-state index is 0.155. The van der Waals surface area contributed by atoms with E-state index in [1.54, 1.807) is 6.07 Å². The molecule has 2 atom stereocenters. The van der Waals surface area contributed by atoms with E-state index in [1.807, 2.05) is 23.9 Å². The van der Waals surface area contributed by atoms with Crippen molar-refractivity contribution in [3.8, 4) is 11.5 Å². The molecule has 0 bridgehead atoms. The van der Waals surface area contributed by atoms with E-state index in [2.05, 4.69) is 59.5 Å². The number of fused-ring (bicyclic) bond motifs is 1. The standard InChI is InChI=1S/C31H37NO2S/c33-26-14-17-30-28(22-26)31(29(23-34-30)24-10-4-3-5-11-24)25-12-15-27(16-13-25)35-21-9-2-1-6-18-32-19-7-8-20-32/h3-5,10-17,22,29,31,33H,1-2,6-9,18-21,23H2/t29-,31-/m1/s1. The van der Waals surface area contributed by atoms with Crippen molar-refractivity contribution in [3.63, 3.8) is 0 Å². The number of benzene rings is 3. The van der Waals surface area contributed by atoms with Gasteiger partial charge in [-0.25, -0.2) is 0 Å². The highest BCUT2D eigenvalue weighted by Gasteiger charge is 2.33. The van der Waals surface area contributed by atoms with Crippen molar-refractivity contribution in [1.29, 1.82) is 0 Å². The molecular formula is C31H37NO2S. The fourth-order valence-corrected chi connectivity index (χ4v) is 6.48. The number of phenolic OH excluding ortho intramolecular Hbond substituents is 1. The molecule has 0 unspecified atom stereocenters. The van der Waals surface area contributed by atoms with Crippen LogP contribution in [0.25, 0.3) is 0 Å². The monoisotopic (exact) mass is 487 g/mol. The Morgan fingerprint density at radius 3 is 2.40 bits per heavy atom. The van der Waals surface area contributed by atoms with Gasteiger partial charge in [-0.3, -0.25) is 0 Å². The van der Waals surface area contributed by atoms with Crippen LogP contribution in [-0.4, -0.2) is 42.0 Å². The SMILES string of the molecule is Oc1ccc2c(c1)[C@@H](c1ccc(SCCCCCCN3CCCC3)cc1)[C@@H](c1ccccc1)CO2.